The molecule has 0 bridgehead atoms. The highest BCUT2D eigenvalue weighted by Gasteiger charge is 2.39. The van der Waals surface area contributed by atoms with Crippen molar-refractivity contribution >= 4 is 44.6 Å². The van der Waals surface area contributed by atoms with Crippen LogP contribution in [-0.2, 0) is 9.84 Å². The Hall–Kier alpha value is -2.81. The van der Waals surface area contributed by atoms with E-state index in [4.69, 9.17) is 27.9 Å². The lowest BCUT2D eigenvalue weighted by atomic mass is 9.98. The monoisotopic (exact) mass is 505 g/mol. The Labute approximate surface area is 200 Å². The van der Waals surface area contributed by atoms with Gasteiger partial charge in [-0.25, -0.2) is 8.42 Å². The van der Waals surface area contributed by atoms with E-state index in [2.05, 4.69) is 5.32 Å². The van der Waals surface area contributed by atoms with Crippen LogP contribution in [0.15, 0.2) is 58.6 Å². The number of carbonyl (C=O) groups excluding carboxylic acids is 1. The van der Waals surface area contributed by atoms with Crippen molar-refractivity contribution in [3.63, 3.8) is 0 Å². The molecule has 0 spiro atoms. The summed E-state index contributed by atoms with van der Waals surface area (Å²) < 4.78 is 33.7. The molecule has 10 heteroatoms. The number of hydrogen-bond donors (Lipinski definition) is 2. The molecule has 2 aliphatic rings. The first-order valence-electron chi connectivity index (χ1n) is 10.4. The van der Waals surface area contributed by atoms with Crippen LogP contribution in [0.1, 0.15) is 36.0 Å². The van der Waals surface area contributed by atoms with Crippen LogP contribution in [0.3, 0.4) is 0 Å². The average Bonchev–Trinajstić information content (AvgIpc) is 3.36. The van der Waals surface area contributed by atoms with Crippen molar-refractivity contribution in [2.24, 2.45) is 0 Å². The lowest BCUT2D eigenvalue weighted by molar-refractivity contribution is -0.904. The van der Waals surface area contributed by atoms with Gasteiger partial charge in [-0.3, -0.25) is 10.0 Å². The third-order valence-corrected chi connectivity index (χ3v) is 8.34. The lowest BCUT2D eigenvalue weighted by Gasteiger charge is -2.17. The second-order valence-electron chi connectivity index (χ2n) is 8.00. The topological polar surface area (TPSA) is 96.6 Å². The van der Waals surface area contributed by atoms with E-state index >= 15 is 0 Å². The third kappa shape index (κ3) is 3.72. The van der Waals surface area contributed by atoms with Gasteiger partial charge in [0.1, 0.15) is 20.7 Å². The van der Waals surface area contributed by atoms with Gasteiger partial charge in [0.05, 0.1) is 16.7 Å². The zero-order valence-corrected chi connectivity index (χ0v) is 19.5. The Morgan fingerprint density at radius 2 is 1.73 bits per heavy atom. The highest BCUT2D eigenvalue weighted by Crippen LogP contribution is 2.49. The molecule has 1 saturated carbocycles. The van der Waals surface area contributed by atoms with Gasteiger partial charge in [-0.15, -0.1) is 0 Å². The van der Waals surface area contributed by atoms with E-state index in [1.54, 1.807) is 24.3 Å². The van der Waals surface area contributed by atoms with Crippen molar-refractivity contribution in [1.29, 1.82) is 0 Å². The van der Waals surface area contributed by atoms with Gasteiger partial charge in [0.25, 0.3) is 5.91 Å². The van der Waals surface area contributed by atoms with Gasteiger partial charge in [0.2, 0.25) is 22.2 Å². The van der Waals surface area contributed by atoms with E-state index < -0.39 is 15.7 Å². The molecular formula is C23H19Cl2N2O5S+. The number of ether oxygens (including phenoxy) is 1. The van der Waals surface area contributed by atoms with Crippen LogP contribution in [0.2, 0.25) is 10.0 Å². The molecule has 7 nitrogen and oxygen atoms in total. The van der Waals surface area contributed by atoms with Gasteiger partial charge < -0.3 is 10.1 Å². The molecule has 170 valence electrons. The maximum Gasteiger partial charge on any atom is 0.256 e. The molecule has 3 aromatic rings. The van der Waals surface area contributed by atoms with Crippen molar-refractivity contribution in [2.45, 2.75) is 41.6 Å². The molecule has 5 rings (SSSR count). The van der Waals surface area contributed by atoms with Crippen molar-refractivity contribution < 1.29 is 27.9 Å². The molecule has 0 radical (unpaired) electrons. The summed E-state index contributed by atoms with van der Waals surface area (Å²) in [5.74, 6) is -0.341. The van der Waals surface area contributed by atoms with E-state index in [1.165, 1.54) is 24.5 Å². The van der Waals surface area contributed by atoms with E-state index in [-0.39, 0.29) is 42.9 Å². The number of anilines is 1. The molecule has 0 saturated heterocycles. The van der Waals surface area contributed by atoms with Crippen LogP contribution >= 0.6 is 23.2 Å². The normalized spacial score (nSPS) is 16.3. The highest BCUT2D eigenvalue weighted by molar-refractivity contribution is 7.92. The third-order valence-electron chi connectivity index (χ3n) is 5.88. The number of rotatable bonds is 4. The second kappa shape index (κ2) is 8.20. The van der Waals surface area contributed by atoms with Crippen LogP contribution in [0.5, 0.6) is 5.75 Å². The van der Waals surface area contributed by atoms with Gasteiger partial charge in [-0.2, -0.15) is 0 Å². The number of benzene rings is 2. The highest BCUT2D eigenvalue weighted by atomic mass is 35.5. The maximum absolute atomic E-state index is 13.5. The minimum atomic E-state index is -3.88. The second-order valence-corrected chi connectivity index (χ2v) is 10.7. The molecule has 33 heavy (non-hydrogen) atoms. The van der Waals surface area contributed by atoms with Gasteiger partial charge in [0, 0.05) is 21.4 Å². The molecule has 1 amide bonds. The summed E-state index contributed by atoms with van der Waals surface area (Å²) in [6, 6.07) is 9.65. The number of nitrogens with zero attached hydrogens (tertiary/aromatic N) is 1. The number of sulfone groups is 1. The fraction of sp³-hybridized carbons (Fsp3) is 0.217. The Bertz CT molecular complexity index is 1380. The average molecular weight is 506 g/mol. The van der Waals surface area contributed by atoms with Gasteiger partial charge in [0.15, 0.2) is 0 Å². The molecule has 0 atom stereocenters. The molecule has 1 aliphatic carbocycles. The Morgan fingerprint density at radius 1 is 1.06 bits per heavy atom. The van der Waals surface area contributed by atoms with Crippen LogP contribution in [0, 0.1) is 0 Å². The van der Waals surface area contributed by atoms with Gasteiger partial charge in [-0.05, 0) is 43.9 Å². The van der Waals surface area contributed by atoms with Crippen molar-refractivity contribution in [3.8, 4) is 16.9 Å². The van der Waals surface area contributed by atoms with Gasteiger partial charge >= 0.3 is 0 Å². The first-order chi connectivity index (χ1) is 15.8. The van der Waals surface area contributed by atoms with Crippen LogP contribution in [-0.4, -0.2) is 25.6 Å². The lowest BCUT2D eigenvalue weighted by Crippen LogP contribution is -2.29. The van der Waals surface area contributed by atoms with E-state index in [0.717, 1.165) is 25.7 Å². The summed E-state index contributed by atoms with van der Waals surface area (Å²) in [6.45, 7) is 0. The molecule has 2 heterocycles. The zero-order valence-electron chi connectivity index (χ0n) is 17.2. The molecule has 1 fully saturated rings. The number of halogens is 2. The SMILES string of the molecule is O=C(Nc1c(Cl)c[n+](O)cc1Cl)c1ccc(OC2CCCC2)c2c1-c1ccccc1S2(=O)=O. The largest absolute Gasteiger partial charge is 0.489 e. The summed E-state index contributed by atoms with van der Waals surface area (Å²) >= 11 is 12.3. The molecule has 2 N–H and O–H groups in total. The smallest absolute Gasteiger partial charge is 0.256 e. The minimum Gasteiger partial charge on any atom is -0.489 e. The fourth-order valence-electron chi connectivity index (χ4n) is 4.40. The summed E-state index contributed by atoms with van der Waals surface area (Å²) in [5.41, 5.74) is 0.972. The van der Waals surface area contributed by atoms with Crippen molar-refractivity contribution in [3.05, 3.63) is 64.4 Å². The van der Waals surface area contributed by atoms with E-state index in [9.17, 15) is 18.4 Å². The Morgan fingerprint density at radius 3 is 2.42 bits per heavy atom. The van der Waals surface area contributed by atoms with E-state index in [1.807, 2.05) is 0 Å². The van der Waals surface area contributed by atoms with Crippen LogP contribution in [0.4, 0.5) is 5.69 Å². The molecule has 1 aliphatic heterocycles. The Kier molecular flexibility index (Phi) is 5.47. The Balaban J connectivity index is 1.65. The zero-order chi connectivity index (χ0) is 23.3. The fourth-order valence-corrected chi connectivity index (χ4v) is 6.75. The number of aromatic nitrogens is 1. The number of hydrogen-bond acceptors (Lipinski definition) is 5. The first kappa shape index (κ1) is 22.0. The van der Waals surface area contributed by atoms with Crippen LogP contribution in [0.25, 0.3) is 11.1 Å². The number of amides is 1. The molecule has 0 unspecified atom stereocenters. The molecule has 1 aromatic heterocycles. The quantitative estimate of drug-likeness (QED) is 0.303. The summed E-state index contributed by atoms with van der Waals surface area (Å²) in [5, 5.41) is 12.2. The standard InChI is InChI=1S/C23H18Cl2N2O5S/c24-16-11-27(29)12-17(25)21(16)26-23(28)15-9-10-18(32-13-5-1-2-6-13)22-20(15)14-7-3-4-8-19(14)33(22,30)31/h3-4,7-13,29H,1-2,5-6H2/p+1. The molecular weight excluding hydrogens is 487 g/mol. The van der Waals surface area contributed by atoms with Crippen molar-refractivity contribution in [2.75, 3.05) is 5.32 Å². The summed E-state index contributed by atoms with van der Waals surface area (Å²) in [6.07, 6.45) is 6.08. The maximum atomic E-state index is 13.5. The van der Waals surface area contributed by atoms with E-state index in [0.29, 0.717) is 15.9 Å². The number of pyridine rings is 1. The van der Waals surface area contributed by atoms with Crippen molar-refractivity contribution in [1.82, 2.24) is 0 Å². The molecule has 2 aromatic carbocycles. The number of carbonyl (C=O) groups is 1. The summed E-state index contributed by atoms with van der Waals surface area (Å²) in [7, 11) is -3.88. The predicted octanol–water partition coefficient (Wildman–Crippen LogP) is 4.91. The first-order valence-corrected chi connectivity index (χ1v) is 12.6. The van der Waals surface area contributed by atoms with Crippen LogP contribution < -0.4 is 14.8 Å². The number of nitrogens with one attached hydrogen (secondary N) is 1. The summed E-state index contributed by atoms with van der Waals surface area (Å²) in [4.78, 5) is 13.4. The number of fused-ring (bicyclic) bond motifs is 3. The van der Waals surface area contributed by atoms with Gasteiger partial charge in [-0.1, -0.05) is 41.4 Å². The predicted molar refractivity (Wildman–Crippen MR) is 122 cm³/mol. The minimum absolute atomic E-state index is 0.00158.